The second-order valence-corrected chi connectivity index (χ2v) is 3.50. The molecule has 0 saturated carbocycles. The average Bonchev–Trinajstić information content (AvgIpc) is 2.70. The maximum Gasteiger partial charge on any atom is 0.0927 e. The molecule has 2 rings (SSSR count). The summed E-state index contributed by atoms with van der Waals surface area (Å²) < 4.78 is 0. The zero-order valence-corrected chi connectivity index (χ0v) is 8.14. The Balaban J connectivity index is 2.51. The summed E-state index contributed by atoms with van der Waals surface area (Å²) in [6.45, 7) is 0. The van der Waals surface area contributed by atoms with E-state index in [-0.39, 0.29) is 0 Å². The molecular weight excluding hydrogens is 180 g/mol. The van der Waals surface area contributed by atoms with Crippen molar-refractivity contribution in [2.24, 2.45) is 0 Å². The summed E-state index contributed by atoms with van der Waals surface area (Å²) in [6.07, 6.45) is 5.69. The van der Waals surface area contributed by atoms with Crippen molar-refractivity contribution in [3.8, 4) is 11.3 Å². The molecule has 0 bridgehead atoms. The van der Waals surface area contributed by atoms with Gasteiger partial charge in [0.15, 0.2) is 0 Å². The van der Waals surface area contributed by atoms with Crippen molar-refractivity contribution in [2.45, 2.75) is 4.90 Å². The van der Waals surface area contributed by atoms with E-state index in [1.54, 1.807) is 18.1 Å². The van der Waals surface area contributed by atoms with Gasteiger partial charge in [0.2, 0.25) is 0 Å². The second-order valence-electron chi connectivity index (χ2n) is 2.65. The molecule has 0 saturated heterocycles. The van der Waals surface area contributed by atoms with Crippen LogP contribution in [0.25, 0.3) is 11.3 Å². The quantitative estimate of drug-likeness (QED) is 0.738. The van der Waals surface area contributed by atoms with E-state index in [0.717, 1.165) is 5.69 Å². The summed E-state index contributed by atoms with van der Waals surface area (Å²) in [5.74, 6) is 0. The summed E-state index contributed by atoms with van der Waals surface area (Å²) in [5.41, 5.74) is 2.20. The number of aromatic amines is 1. The number of nitrogens with zero attached hydrogens (tertiary/aromatic N) is 1. The predicted octanol–water partition coefficient (Wildman–Crippen LogP) is 2.80. The molecule has 0 atom stereocenters. The number of nitrogens with one attached hydrogen (secondary N) is 1. The molecule has 0 amide bonds. The topological polar surface area (TPSA) is 28.7 Å². The average molecular weight is 190 g/mol. The molecule has 2 nitrogen and oxygen atoms in total. The number of aromatic nitrogens is 2. The molecule has 0 aliphatic carbocycles. The van der Waals surface area contributed by atoms with Gasteiger partial charge in [0.05, 0.1) is 12.0 Å². The number of hydrogen-bond donors (Lipinski definition) is 1. The molecular formula is C10H10N2S. The van der Waals surface area contributed by atoms with Gasteiger partial charge in [-0.1, -0.05) is 18.2 Å². The smallest absolute Gasteiger partial charge is 0.0927 e. The maximum atomic E-state index is 4.23. The Kier molecular flexibility index (Phi) is 2.36. The fourth-order valence-electron chi connectivity index (χ4n) is 1.26. The van der Waals surface area contributed by atoms with Crippen molar-refractivity contribution < 1.29 is 0 Å². The number of imidazole rings is 1. The highest BCUT2D eigenvalue weighted by molar-refractivity contribution is 7.98. The lowest BCUT2D eigenvalue weighted by atomic mass is 10.2. The summed E-state index contributed by atoms with van der Waals surface area (Å²) >= 11 is 1.74. The first-order valence-electron chi connectivity index (χ1n) is 4.04. The monoisotopic (exact) mass is 190 g/mol. The van der Waals surface area contributed by atoms with Crippen molar-refractivity contribution in [3.63, 3.8) is 0 Å². The van der Waals surface area contributed by atoms with Gasteiger partial charge in [0.1, 0.15) is 0 Å². The zero-order valence-electron chi connectivity index (χ0n) is 7.32. The summed E-state index contributed by atoms with van der Waals surface area (Å²) in [6, 6.07) is 8.27. The normalized spacial score (nSPS) is 10.2. The molecule has 13 heavy (non-hydrogen) atoms. The molecule has 0 aliphatic rings. The Morgan fingerprint density at radius 1 is 1.31 bits per heavy atom. The van der Waals surface area contributed by atoms with Gasteiger partial charge >= 0.3 is 0 Å². The van der Waals surface area contributed by atoms with Gasteiger partial charge in [-0.3, -0.25) is 0 Å². The first-order valence-corrected chi connectivity index (χ1v) is 5.26. The Morgan fingerprint density at radius 3 is 2.85 bits per heavy atom. The molecule has 1 aromatic heterocycles. The number of thioether (sulfide) groups is 1. The van der Waals surface area contributed by atoms with E-state index in [4.69, 9.17) is 0 Å². The first kappa shape index (κ1) is 8.38. The van der Waals surface area contributed by atoms with Crippen molar-refractivity contribution in [1.29, 1.82) is 0 Å². The van der Waals surface area contributed by atoms with Gasteiger partial charge < -0.3 is 4.98 Å². The van der Waals surface area contributed by atoms with E-state index in [9.17, 15) is 0 Å². The molecule has 0 spiro atoms. The van der Waals surface area contributed by atoms with Gasteiger partial charge in [-0.15, -0.1) is 11.8 Å². The molecule has 3 heteroatoms. The lowest BCUT2D eigenvalue weighted by Crippen LogP contribution is -1.80. The lowest BCUT2D eigenvalue weighted by molar-refractivity contribution is 1.30. The van der Waals surface area contributed by atoms with E-state index in [1.165, 1.54) is 10.5 Å². The van der Waals surface area contributed by atoms with Gasteiger partial charge in [0, 0.05) is 16.7 Å². The van der Waals surface area contributed by atoms with Gasteiger partial charge in [-0.05, 0) is 12.3 Å². The fourth-order valence-corrected chi connectivity index (χ4v) is 1.87. The van der Waals surface area contributed by atoms with Gasteiger partial charge in [-0.25, -0.2) is 4.98 Å². The fraction of sp³-hybridized carbons (Fsp3) is 0.100. The van der Waals surface area contributed by atoms with E-state index < -0.39 is 0 Å². The van der Waals surface area contributed by atoms with Crippen LogP contribution in [0.4, 0.5) is 0 Å². The minimum absolute atomic E-state index is 1.00. The van der Waals surface area contributed by atoms with Crippen molar-refractivity contribution in [1.82, 2.24) is 9.97 Å². The van der Waals surface area contributed by atoms with E-state index in [0.29, 0.717) is 0 Å². The van der Waals surface area contributed by atoms with Crippen LogP contribution in [0.15, 0.2) is 41.7 Å². The number of benzene rings is 1. The Bertz CT molecular complexity index is 382. The third-order valence-electron chi connectivity index (χ3n) is 1.88. The molecule has 1 aromatic carbocycles. The van der Waals surface area contributed by atoms with Crippen LogP contribution in [0, 0.1) is 0 Å². The van der Waals surface area contributed by atoms with Crippen LogP contribution in [0.3, 0.4) is 0 Å². The molecule has 0 radical (unpaired) electrons. The summed E-state index contributed by atoms with van der Waals surface area (Å²) in [7, 11) is 0. The highest BCUT2D eigenvalue weighted by Crippen LogP contribution is 2.27. The largest absolute Gasteiger partial charge is 0.351 e. The molecule has 0 unspecified atom stereocenters. The van der Waals surface area contributed by atoms with Gasteiger partial charge in [-0.2, -0.15) is 0 Å². The molecule has 1 heterocycles. The van der Waals surface area contributed by atoms with Crippen LogP contribution in [0.1, 0.15) is 0 Å². The minimum Gasteiger partial charge on any atom is -0.351 e. The van der Waals surface area contributed by atoms with Crippen LogP contribution in [-0.4, -0.2) is 16.2 Å². The molecule has 66 valence electrons. The van der Waals surface area contributed by atoms with Crippen LogP contribution in [-0.2, 0) is 0 Å². The molecule has 2 aromatic rings. The number of hydrogen-bond acceptors (Lipinski definition) is 2. The second kappa shape index (κ2) is 3.66. The number of H-pyrrole nitrogens is 1. The Morgan fingerprint density at radius 2 is 2.15 bits per heavy atom. The van der Waals surface area contributed by atoms with Crippen LogP contribution < -0.4 is 0 Å². The van der Waals surface area contributed by atoms with E-state index in [1.807, 2.05) is 18.3 Å². The van der Waals surface area contributed by atoms with Crippen molar-refractivity contribution >= 4 is 11.8 Å². The predicted molar refractivity (Wildman–Crippen MR) is 55.8 cm³/mol. The highest BCUT2D eigenvalue weighted by atomic mass is 32.2. The highest BCUT2D eigenvalue weighted by Gasteiger charge is 2.03. The van der Waals surface area contributed by atoms with Crippen LogP contribution in [0.2, 0.25) is 0 Å². The first-order chi connectivity index (χ1) is 6.42. The summed E-state index contributed by atoms with van der Waals surface area (Å²) in [4.78, 5) is 8.44. The standard InChI is InChI=1S/C10H10N2S/c1-13-10-5-3-2-4-8(10)9-6-11-7-12-9/h2-7H,1H3,(H,11,12). The van der Waals surface area contributed by atoms with Crippen molar-refractivity contribution in [2.75, 3.05) is 6.26 Å². The Labute approximate surface area is 81.4 Å². The Hall–Kier alpha value is -1.22. The number of rotatable bonds is 2. The third-order valence-corrected chi connectivity index (χ3v) is 2.68. The molecule has 0 fully saturated rings. The van der Waals surface area contributed by atoms with Crippen LogP contribution in [0.5, 0.6) is 0 Å². The molecule has 1 N–H and O–H groups in total. The zero-order chi connectivity index (χ0) is 9.10. The lowest BCUT2D eigenvalue weighted by Gasteiger charge is -2.02. The van der Waals surface area contributed by atoms with Gasteiger partial charge in [0.25, 0.3) is 0 Å². The summed E-state index contributed by atoms with van der Waals surface area (Å²) in [5, 5.41) is 0. The van der Waals surface area contributed by atoms with Crippen LogP contribution >= 0.6 is 11.8 Å². The minimum atomic E-state index is 1.00. The SMILES string of the molecule is CSc1ccccc1-c1c[nH]cn1. The molecule has 0 aliphatic heterocycles. The van der Waals surface area contributed by atoms with Crippen molar-refractivity contribution in [3.05, 3.63) is 36.8 Å². The van der Waals surface area contributed by atoms with E-state index in [2.05, 4.69) is 28.4 Å². The maximum absolute atomic E-state index is 4.23. The van der Waals surface area contributed by atoms with E-state index >= 15 is 0 Å². The third kappa shape index (κ3) is 1.60.